The van der Waals surface area contributed by atoms with Crippen LogP contribution in [-0.4, -0.2) is 26.0 Å². The van der Waals surface area contributed by atoms with E-state index in [9.17, 15) is 9.18 Å². The van der Waals surface area contributed by atoms with Crippen molar-refractivity contribution < 1.29 is 18.7 Å². The molecule has 0 saturated heterocycles. The van der Waals surface area contributed by atoms with Gasteiger partial charge in [-0.25, -0.2) is 9.38 Å². The van der Waals surface area contributed by atoms with Gasteiger partial charge in [-0.2, -0.15) is 0 Å². The van der Waals surface area contributed by atoms with Crippen molar-refractivity contribution in [2.24, 2.45) is 4.99 Å². The van der Waals surface area contributed by atoms with Crippen LogP contribution in [0.4, 0.5) is 4.39 Å². The second-order valence-electron chi connectivity index (χ2n) is 5.10. The minimum absolute atomic E-state index is 0.226. The summed E-state index contributed by atoms with van der Waals surface area (Å²) in [7, 11) is 3.10. The molecule has 2 aromatic carbocycles. The molecule has 0 atom stereocenters. The first-order valence-corrected chi connectivity index (χ1v) is 7.20. The van der Waals surface area contributed by atoms with Crippen molar-refractivity contribution in [3.63, 3.8) is 0 Å². The molecule has 0 saturated carbocycles. The average Bonchev–Trinajstić information content (AvgIpc) is 2.95. The summed E-state index contributed by atoms with van der Waals surface area (Å²) in [5, 5.41) is 2.64. The van der Waals surface area contributed by atoms with Gasteiger partial charge >= 0.3 is 0 Å². The van der Waals surface area contributed by atoms with Gasteiger partial charge in [0.15, 0.2) is 0 Å². The highest BCUT2D eigenvalue weighted by atomic mass is 19.1. The lowest BCUT2D eigenvalue weighted by Crippen LogP contribution is -2.24. The number of amides is 1. The van der Waals surface area contributed by atoms with Crippen LogP contribution in [0.1, 0.15) is 11.1 Å². The van der Waals surface area contributed by atoms with Crippen LogP contribution < -0.4 is 14.8 Å². The Kier molecular flexibility index (Phi) is 4.29. The number of aliphatic imine (C=N–C) groups is 1. The van der Waals surface area contributed by atoms with Gasteiger partial charge in [0, 0.05) is 11.6 Å². The maximum absolute atomic E-state index is 13.3. The number of amidine groups is 1. The summed E-state index contributed by atoms with van der Waals surface area (Å²) in [6, 6.07) is 11.2. The van der Waals surface area contributed by atoms with Gasteiger partial charge in [-0.05, 0) is 35.9 Å². The number of hydrogen-bond acceptors (Lipinski definition) is 4. The zero-order chi connectivity index (χ0) is 17.1. The molecule has 1 aliphatic heterocycles. The summed E-state index contributed by atoms with van der Waals surface area (Å²) < 4.78 is 23.7. The zero-order valence-corrected chi connectivity index (χ0v) is 13.2. The molecule has 0 bridgehead atoms. The monoisotopic (exact) mass is 326 g/mol. The molecule has 0 unspecified atom stereocenters. The molecule has 0 radical (unpaired) electrons. The van der Waals surface area contributed by atoms with Crippen molar-refractivity contribution in [1.82, 2.24) is 5.32 Å². The summed E-state index contributed by atoms with van der Waals surface area (Å²) in [5.41, 5.74) is 1.44. The Bertz CT molecular complexity index is 837. The number of nitrogens with zero attached hydrogens (tertiary/aromatic N) is 1. The first-order chi connectivity index (χ1) is 11.6. The minimum Gasteiger partial charge on any atom is -0.497 e. The van der Waals surface area contributed by atoms with Crippen LogP contribution in [0.25, 0.3) is 6.08 Å². The fraction of sp³-hybridized carbons (Fsp3) is 0.111. The van der Waals surface area contributed by atoms with Crippen molar-refractivity contribution in [2.45, 2.75) is 0 Å². The molecule has 122 valence electrons. The summed E-state index contributed by atoms with van der Waals surface area (Å²) in [6.45, 7) is 0. The van der Waals surface area contributed by atoms with Gasteiger partial charge in [0.05, 0.1) is 14.2 Å². The normalized spacial score (nSPS) is 15.2. The molecule has 0 aromatic heterocycles. The Morgan fingerprint density at radius 1 is 1.08 bits per heavy atom. The Balaban J connectivity index is 1.97. The Morgan fingerprint density at radius 3 is 2.42 bits per heavy atom. The smallest absolute Gasteiger partial charge is 0.275 e. The lowest BCUT2D eigenvalue weighted by atomic mass is 10.1. The van der Waals surface area contributed by atoms with E-state index in [1.165, 1.54) is 12.1 Å². The highest BCUT2D eigenvalue weighted by molar-refractivity contribution is 6.19. The highest BCUT2D eigenvalue weighted by Gasteiger charge is 2.21. The topological polar surface area (TPSA) is 59.9 Å². The highest BCUT2D eigenvalue weighted by Crippen LogP contribution is 2.25. The summed E-state index contributed by atoms with van der Waals surface area (Å²) in [6.07, 6.45) is 1.62. The van der Waals surface area contributed by atoms with Crippen molar-refractivity contribution >= 4 is 17.8 Å². The zero-order valence-electron chi connectivity index (χ0n) is 13.2. The van der Waals surface area contributed by atoms with Crippen LogP contribution in [0, 0.1) is 5.82 Å². The molecule has 1 N–H and O–H groups in total. The van der Waals surface area contributed by atoms with Crippen molar-refractivity contribution in [1.29, 1.82) is 0 Å². The second kappa shape index (κ2) is 6.54. The number of ether oxygens (including phenoxy) is 2. The lowest BCUT2D eigenvalue weighted by Gasteiger charge is -2.05. The molecule has 5 nitrogen and oxygen atoms in total. The van der Waals surface area contributed by atoms with E-state index in [-0.39, 0.29) is 17.4 Å². The molecule has 0 aliphatic carbocycles. The van der Waals surface area contributed by atoms with E-state index in [1.54, 1.807) is 50.6 Å². The van der Waals surface area contributed by atoms with Crippen molar-refractivity contribution in [3.05, 3.63) is 65.1 Å². The van der Waals surface area contributed by atoms with Gasteiger partial charge in [-0.3, -0.25) is 4.79 Å². The van der Waals surface area contributed by atoms with Crippen molar-refractivity contribution in [3.8, 4) is 11.5 Å². The number of carbonyl (C=O) groups excluding carboxylic acids is 1. The van der Waals surface area contributed by atoms with Gasteiger partial charge in [0.25, 0.3) is 5.91 Å². The lowest BCUT2D eigenvalue weighted by molar-refractivity contribution is -0.115. The average molecular weight is 326 g/mol. The van der Waals surface area contributed by atoms with Gasteiger partial charge in [0.1, 0.15) is 28.8 Å². The third-order valence-corrected chi connectivity index (χ3v) is 3.47. The number of carbonyl (C=O) groups is 1. The molecular formula is C18H15FN2O3. The third-order valence-electron chi connectivity index (χ3n) is 3.47. The molecule has 0 spiro atoms. The summed E-state index contributed by atoms with van der Waals surface area (Å²) >= 11 is 0. The number of benzene rings is 2. The summed E-state index contributed by atoms with van der Waals surface area (Å²) in [5.74, 6) is 0.791. The standard InChI is InChI=1S/C18H15FN2O3/c1-23-14-6-11(7-15(10-14)24-2)8-16-18(22)21-17(20-16)12-4-3-5-13(19)9-12/h3-10H,1-2H3,(H,20,21,22)/b16-8+. The fourth-order valence-corrected chi connectivity index (χ4v) is 2.31. The van der Waals surface area contributed by atoms with E-state index in [0.29, 0.717) is 28.5 Å². The van der Waals surface area contributed by atoms with E-state index in [0.717, 1.165) is 0 Å². The third kappa shape index (κ3) is 3.27. The maximum Gasteiger partial charge on any atom is 0.275 e. The second-order valence-corrected chi connectivity index (χ2v) is 5.10. The van der Waals surface area contributed by atoms with Gasteiger partial charge in [-0.15, -0.1) is 0 Å². The Hall–Kier alpha value is -3.15. The van der Waals surface area contributed by atoms with E-state index in [2.05, 4.69) is 10.3 Å². The van der Waals surface area contributed by atoms with Crippen LogP contribution in [0.15, 0.2) is 53.2 Å². The van der Waals surface area contributed by atoms with Gasteiger partial charge in [-0.1, -0.05) is 12.1 Å². The molecule has 6 heteroatoms. The molecule has 3 rings (SSSR count). The Labute approximate surface area is 138 Å². The number of methoxy groups -OCH3 is 2. The summed E-state index contributed by atoms with van der Waals surface area (Å²) in [4.78, 5) is 16.4. The number of hydrogen-bond donors (Lipinski definition) is 1. The predicted octanol–water partition coefficient (Wildman–Crippen LogP) is 2.76. The molecule has 0 fully saturated rings. The molecule has 24 heavy (non-hydrogen) atoms. The number of halogens is 1. The quantitative estimate of drug-likeness (QED) is 0.879. The van der Waals surface area contributed by atoms with E-state index in [4.69, 9.17) is 9.47 Å². The van der Waals surface area contributed by atoms with Crippen molar-refractivity contribution in [2.75, 3.05) is 14.2 Å². The van der Waals surface area contributed by atoms with Gasteiger partial charge < -0.3 is 14.8 Å². The molecular weight excluding hydrogens is 311 g/mol. The number of nitrogens with one attached hydrogen (secondary N) is 1. The van der Waals surface area contributed by atoms with E-state index in [1.807, 2.05) is 0 Å². The molecule has 1 amide bonds. The van der Waals surface area contributed by atoms with Gasteiger partial charge in [0.2, 0.25) is 0 Å². The van der Waals surface area contributed by atoms with Crippen LogP contribution in [0.3, 0.4) is 0 Å². The maximum atomic E-state index is 13.3. The fourth-order valence-electron chi connectivity index (χ4n) is 2.31. The van der Waals surface area contributed by atoms with Crippen LogP contribution in [-0.2, 0) is 4.79 Å². The van der Waals surface area contributed by atoms with E-state index >= 15 is 0 Å². The SMILES string of the molecule is COc1cc(/C=C2/N=C(c3cccc(F)c3)NC2=O)cc(OC)c1. The molecule has 1 heterocycles. The minimum atomic E-state index is -0.389. The first kappa shape index (κ1) is 15.7. The van der Waals surface area contributed by atoms with E-state index < -0.39 is 0 Å². The van der Waals surface area contributed by atoms with Crippen LogP contribution >= 0.6 is 0 Å². The van der Waals surface area contributed by atoms with Crippen LogP contribution in [0.5, 0.6) is 11.5 Å². The number of rotatable bonds is 4. The van der Waals surface area contributed by atoms with Crippen LogP contribution in [0.2, 0.25) is 0 Å². The predicted molar refractivity (Wildman–Crippen MR) is 88.6 cm³/mol. The first-order valence-electron chi connectivity index (χ1n) is 7.20. The Morgan fingerprint density at radius 2 is 1.79 bits per heavy atom. The molecule has 1 aliphatic rings. The largest absolute Gasteiger partial charge is 0.497 e. The molecule has 2 aromatic rings.